The van der Waals surface area contributed by atoms with Crippen molar-refractivity contribution in [3.05, 3.63) is 77.1 Å². The Balaban J connectivity index is 1.59. The molecule has 4 rings (SSSR count). The van der Waals surface area contributed by atoms with Gasteiger partial charge in [0.25, 0.3) is 5.91 Å². The molecule has 0 bridgehead atoms. The van der Waals surface area contributed by atoms with Gasteiger partial charge in [-0.25, -0.2) is 9.97 Å². The lowest BCUT2D eigenvalue weighted by atomic mass is 10.2. The van der Waals surface area contributed by atoms with Crippen molar-refractivity contribution in [3.8, 4) is 0 Å². The summed E-state index contributed by atoms with van der Waals surface area (Å²) in [6.45, 7) is 6.87. The number of nitrogens with zero attached hydrogens (tertiary/aromatic N) is 3. The Hall–Kier alpha value is -3.41. The second kappa shape index (κ2) is 7.31. The molecule has 1 amide bonds. The Morgan fingerprint density at radius 3 is 2.61 bits per heavy atom. The molecule has 0 atom stereocenters. The highest BCUT2D eigenvalue weighted by Crippen LogP contribution is 2.21. The SMILES string of the molecule is CCc1nc2c(C)cc(C)nc2n1Cc1ccc(NC(=O)c2ccco2)cc1. The Morgan fingerprint density at radius 1 is 1.14 bits per heavy atom. The fourth-order valence-electron chi connectivity index (χ4n) is 3.36. The van der Waals surface area contributed by atoms with E-state index in [1.54, 1.807) is 12.1 Å². The van der Waals surface area contributed by atoms with Crippen LogP contribution in [0.3, 0.4) is 0 Å². The number of fused-ring (bicyclic) bond motifs is 1. The van der Waals surface area contributed by atoms with Crippen LogP contribution < -0.4 is 5.32 Å². The van der Waals surface area contributed by atoms with E-state index in [2.05, 4.69) is 29.8 Å². The molecule has 0 aliphatic carbocycles. The molecule has 1 aromatic carbocycles. The first kappa shape index (κ1) is 18.0. The van der Waals surface area contributed by atoms with Crippen LogP contribution in [0.4, 0.5) is 5.69 Å². The van der Waals surface area contributed by atoms with Crippen LogP contribution in [-0.4, -0.2) is 20.4 Å². The number of carbonyl (C=O) groups excluding carboxylic acids is 1. The van der Waals surface area contributed by atoms with E-state index in [1.165, 1.54) is 6.26 Å². The van der Waals surface area contributed by atoms with Crippen LogP contribution in [0.25, 0.3) is 11.2 Å². The molecule has 6 heteroatoms. The van der Waals surface area contributed by atoms with Gasteiger partial charge < -0.3 is 14.3 Å². The molecular weight excluding hydrogens is 352 g/mol. The molecular formula is C22H22N4O2. The number of benzene rings is 1. The number of hydrogen-bond acceptors (Lipinski definition) is 4. The number of imidazole rings is 1. The van der Waals surface area contributed by atoms with Gasteiger partial charge in [-0.3, -0.25) is 4.79 Å². The summed E-state index contributed by atoms with van der Waals surface area (Å²) >= 11 is 0. The van der Waals surface area contributed by atoms with Crippen LogP contribution in [0.5, 0.6) is 0 Å². The van der Waals surface area contributed by atoms with Crippen LogP contribution in [0, 0.1) is 13.8 Å². The third-order valence-corrected chi connectivity index (χ3v) is 4.71. The number of amides is 1. The number of pyridine rings is 1. The van der Waals surface area contributed by atoms with Crippen molar-refractivity contribution in [2.24, 2.45) is 0 Å². The zero-order chi connectivity index (χ0) is 19.7. The lowest BCUT2D eigenvalue weighted by Crippen LogP contribution is -2.11. The van der Waals surface area contributed by atoms with Crippen molar-refractivity contribution in [1.29, 1.82) is 0 Å². The maximum atomic E-state index is 12.1. The van der Waals surface area contributed by atoms with Crippen LogP contribution >= 0.6 is 0 Å². The molecule has 28 heavy (non-hydrogen) atoms. The molecule has 142 valence electrons. The molecule has 0 fully saturated rings. The van der Waals surface area contributed by atoms with Crippen molar-refractivity contribution < 1.29 is 9.21 Å². The van der Waals surface area contributed by atoms with Gasteiger partial charge in [-0.1, -0.05) is 19.1 Å². The average Bonchev–Trinajstić information content (AvgIpc) is 3.32. The highest BCUT2D eigenvalue weighted by Gasteiger charge is 2.14. The normalized spacial score (nSPS) is 11.1. The third-order valence-electron chi connectivity index (χ3n) is 4.71. The second-order valence-electron chi connectivity index (χ2n) is 6.85. The summed E-state index contributed by atoms with van der Waals surface area (Å²) in [5, 5.41) is 2.83. The molecule has 0 spiro atoms. The largest absolute Gasteiger partial charge is 0.459 e. The molecule has 6 nitrogen and oxygen atoms in total. The van der Waals surface area contributed by atoms with Crippen molar-refractivity contribution >= 4 is 22.8 Å². The Kier molecular flexibility index (Phi) is 4.69. The van der Waals surface area contributed by atoms with E-state index in [-0.39, 0.29) is 5.91 Å². The molecule has 1 N–H and O–H groups in total. The second-order valence-corrected chi connectivity index (χ2v) is 6.85. The minimum absolute atomic E-state index is 0.262. The first-order valence-corrected chi connectivity index (χ1v) is 9.32. The number of carbonyl (C=O) groups is 1. The van der Waals surface area contributed by atoms with E-state index in [4.69, 9.17) is 14.4 Å². The molecule has 0 saturated heterocycles. The first-order valence-electron chi connectivity index (χ1n) is 9.32. The number of furan rings is 1. The Labute approximate surface area is 163 Å². The highest BCUT2D eigenvalue weighted by molar-refractivity contribution is 6.02. The predicted molar refractivity (Wildman–Crippen MR) is 109 cm³/mol. The van der Waals surface area contributed by atoms with Gasteiger partial charge in [0.1, 0.15) is 11.3 Å². The summed E-state index contributed by atoms with van der Waals surface area (Å²) < 4.78 is 7.29. The maximum absolute atomic E-state index is 12.1. The van der Waals surface area contributed by atoms with E-state index in [9.17, 15) is 4.79 Å². The number of aromatic nitrogens is 3. The third kappa shape index (κ3) is 3.41. The fraction of sp³-hybridized carbons (Fsp3) is 0.227. The molecule has 0 aliphatic heterocycles. The topological polar surface area (TPSA) is 73.0 Å². The maximum Gasteiger partial charge on any atom is 0.291 e. The zero-order valence-electron chi connectivity index (χ0n) is 16.2. The number of nitrogens with one attached hydrogen (secondary N) is 1. The lowest BCUT2D eigenvalue weighted by Gasteiger charge is -2.10. The molecule has 4 aromatic rings. The van der Waals surface area contributed by atoms with Gasteiger partial charge >= 0.3 is 0 Å². The van der Waals surface area contributed by atoms with Crippen molar-refractivity contribution in [3.63, 3.8) is 0 Å². The minimum Gasteiger partial charge on any atom is -0.459 e. The summed E-state index contributed by atoms with van der Waals surface area (Å²) in [6.07, 6.45) is 2.32. The van der Waals surface area contributed by atoms with E-state index in [0.29, 0.717) is 12.3 Å². The van der Waals surface area contributed by atoms with Crippen LogP contribution in [-0.2, 0) is 13.0 Å². The molecule has 0 aliphatic rings. The molecule has 0 unspecified atom stereocenters. The molecule has 3 aromatic heterocycles. The number of hydrogen-bond donors (Lipinski definition) is 1. The average molecular weight is 374 g/mol. The smallest absolute Gasteiger partial charge is 0.291 e. The number of anilines is 1. The standard InChI is InChI=1S/C22H22N4O2/c1-4-19-25-20-14(2)12-15(3)23-21(20)26(19)13-16-7-9-17(10-8-16)24-22(27)18-6-5-11-28-18/h5-12H,4,13H2,1-3H3,(H,24,27). The molecule has 0 saturated carbocycles. The fourth-order valence-corrected chi connectivity index (χ4v) is 3.36. The van der Waals surface area contributed by atoms with Crippen LogP contribution in [0.15, 0.2) is 53.1 Å². The highest BCUT2D eigenvalue weighted by atomic mass is 16.3. The minimum atomic E-state index is -0.262. The number of aryl methyl sites for hydroxylation is 3. The monoisotopic (exact) mass is 374 g/mol. The van der Waals surface area contributed by atoms with E-state index < -0.39 is 0 Å². The van der Waals surface area contributed by atoms with E-state index in [1.807, 2.05) is 31.2 Å². The lowest BCUT2D eigenvalue weighted by molar-refractivity contribution is 0.0996. The van der Waals surface area contributed by atoms with E-state index >= 15 is 0 Å². The van der Waals surface area contributed by atoms with Crippen molar-refractivity contribution in [1.82, 2.24) is 14.5 Å². The van der Waals surface area contributed by atoms with Crippen LogP contribution in [0.2, 0.25) is 0 Å². The van der Waals surface area contributed by atoms with Crippen LogP contribution in [0.1, 0.15) is 40.1 Å². The van der Waals surface area contributed by atoms with Gasteiger partial charge in [0, 0.05) is 17.8 Å². The Morgan fingerprint density at radius 2 is 1.93 bits per heavy atom. The Bertz CT molecular complexity index is 1130. The summed E-state index contributed by atoms with van der Waals surface area (Å²) in [7, 11) is 0. The van der Waals surface area contributed by atoms with Gasteiger partial charge in [0.05, 0.1) is 12.8 Å². The van der Waals surface area contributed by atoms with Gasteiger partial charge in [-0.2, -0.15) is 0 Å². The zero-order valence-corrected chi connectivity index (χ0v) is 16.2. The molecule has 0 radical (unpaired) electrons. The summed E-state index contributed by atoms with van der Waals surface area (Å²) in [5.74, 6) is 1.05. The quantitative estimate of drug-likeness (QED) is 0.558. The molecule has 3 heterocycles. The summed E-state index contributed by atoms with van der Waals surface area (Å²) in [4.78, 5) is 21.6. The van der Waals surface area contributed by atoms with Gasteiger partial charge in [0.15, 0.2) is 11.4 Å². The summed E-state index contributed by atoms with van der Waals surface area (Å²) in [5.41, 5.74) is 5.86. The van der Waals surface area contributed by atoms with E-state index in [0.717, 1.165) is 45.9 Å². The first-order chi connectivity index (χ1) is 13.5. The van der Waals surface area contributed by atoms with Crippen molar-refractivity contribution in [2.45, 2.75) is 33.7 Å². The van der Waals surface area contributed by atoms with Gasteiger partial charge in [-0.15, -0.1) is 0 Å². The van der Waals surface area contributed by atoms with Gasteiger partial charge in [0.2, 0.25) is 0 Å². The van der Waals surface area contributed by atoms with Crippen molar-refractivity contribution in [2.75, 3.05) is 5.32 Å². The number of rotatable bonds is 5. The van der Waals surface area contributed by atoms with Gasteiger partial charge in [-0.05, 0) is 55.3 Å². The summed E-state index contributed by atoms with van der Waals surface area (Å²) in [6, 6.07) is 13.2. The predicted octanol–water partition coefficient (Wildman–Crippen LogP) is 4.50.